The van der Waals surface area contributed by atoms with Crippen molar-refractivity contribution in [1.29, 1.82) is 0 Å². The van der Waals surface area contributed by atoms with Crippen molar-refractivity contribution in [3.05, 3.63) is 18.0 Å². The van der Waals surface area contributed by atoms with E-state index >= 15 is 0 Å². The first-order chi connectivity index (χ1) is 9.36. The van der Waals surface area contributed by atoms with Gasteiger partial charge in [0.05, 0.1) is 6.20 Å². The van der Waals surface area contributed by atoms with Crippen LogP contribution in [0.1, 0.15) is 63.4 Å². The molecule has 1 aromatic heterocycles. The van der Waals surface area contributed by atoms with Crippen LogP contribution in [0.2, 0.25) is 0 Å². The fourth-order valence-electron chi connectivity index (χ4n) is 3.42. The van der Waals surface area contributed by atoms with Crippen LogP contribution in [-0.4, -0.2) is 22.4 Å². The molecule has 2 atom stereocenters. The number of aromatic nitrogens is 2. The smallest absolute Gasteiger partial charge is 0.0524 e. The van der Waals surface area contributed by atoms with Gasteiger partial charge >= 0.3 is 0 Å². The third-order valence-corrected chi connectivity index (χ3v) is 4.69. The van der Waals surface area contributed by atoms with Crippen LogP contribution >= 0.6 is 0 Å². The Morgan fingerprint density at radius 1 is 1.26 bits per heavy atom. The molecule has 0 aliphatic heterocycles. The van der Waals surface area contributed by atoms with Crippen LogP contribution in [0, 0.1) is 5.92 Å². The maximum atomic E-state index is 4.52. The summed E-state index contributed by atoms with van der Waals surface area (Å²) in [4.78, 5) is 0. The van der Waals surface area contributed by atoms with Gasteiger partial charge in [-0.3, -0.25) is 4.68 Å². The Morgan fingerprint density at radius 3 is 2.89 bits per heavy atom. The zero-order valence-electron chi connectivity index (χ0n) is 12.1. The van der Waals surface area contributed by atoms with Gasteiger partial charge in [-0.2, -0.15) is 5.10 Å². The van der Waals surface area contributed by atoms with E-state index in [1.165, 1.54) is 57.1 Å². The highest BCUT2D eigenvalue weighted by Crippen LogP contribution is 2.37. The van der Waals surface area contributed by atoms with Crippen molar-refractivity contribution in [3.63, 3.8) is 0 Å². The quantitative estimate of drug-likeness (QED) is 0.851. The summed E-state index contributed by atoms with van der Waals surface area (Å²) >= 11 is 0. The molecule has 0 amide bonds. The summed E-state index contributed by atoms with van der Waals surface area (Å²) in [5.41, 5.74) is 1.48. The van der Waals surface area contributed by atoms with Crippen molar-refractivity contribution >= 4 is 0 Å². The predicted molar refractivity (Wildman–Crippen MR) is 78.2 cm³/mol. The Morgan fingerprint density at radius 2 is 2.11 bits per heavy atom. The molecule has 0 bridgehead atoms. The average Bonchev–Trinajstić information content (AvgIpc) is 3.16. The van der Waals surface area contributed by atoms with Crippen LogP contribution in [-0.2, 0) is 6.54 Å². The van der Waals surface area contributed by atoms with Gasteiger partial charge in [0.15, 0.2) is 0 Å². The number of rotatable bonds is 6. The van der Waals surface area contributed by atoms with Gasteiger partial charge in [-0.05, 0) is 56.0 Å². The van der Waals surface area contributed by atoms with Gasteiger partial charge in [0.25, 0.3) is 0 Å². The molecule has 19 heavy (non-hydrogen) atoms. The summed E-state index contributed by atoms with van der Waals surface area (Å²) in [5.74, 6) is 1.57. The topological polar surface area (TPSA) is 29.9 Å². The van der Waals surface area contributed by atoms with Crippen molar-refractivity contribution in [1.82, 2.24) is 15.1 Å². The van der Waals surface area contributed by atoms with Crippen LogP contribution in [0.5, 0.6) is 0 Å². The number of hydrogen-bond donors (Lipinski definition) is 1. The maximum absolute atomic E-state index is 4.52. The first-order valence-electron chi connectivity index (χ1n) is 8.12. The van der Waals surface area contributed by atoms with Gasteiger partial charge in [0.2, 0.25) is 0 Å². The Balaban J connectivity index is 1.63. The van der Waals surface area contributed by atoms with E-state index in [1.54, 1.807) is 0 Å². The first-order valence-corrected chi connectivity index (χ1v) is 8.12. The van der Waals surface area contributed by atoms with E-state index in [9.17, 15) is 0 Å². The molecule has 106 valence electrons. The summed E-state index contributed by atoms with van der Waals surface area (Å²) in [6.07, 6.45) is 13.9. The Bertz CT molecular complexity index is 394. The van der Waals surface area contributed by atoms with Crippen LogP contribution in [0.3, 0.4) is 0 Å². The lowest BCUT2D eigenvalue weighted by atomic mass is 9.76. The van der Waals surface area contributed by atoms with Gasteiger partial charge in [0.1, 0.15) is 0 Å². The average molecular weight is 261 g/mol. The molecule has 2 unspecified atom stereocenters. The summed E-state index contributed by atoms with van der Waals surface area (Å²) in [6, 6.07) is 0.838. The number of nitrogens with one attached hydrogen (secondary N) is 1. The van der Waals surface area contributed by atoms with Gasteiger partial charge in [-0.15, -0.1) is 0 Å². The highest BCUT2D eigenvalue weighted by Gasteiger charge is 2.29. The molecule has 2 fully saturated rings. The van der Waals surface area contributed by atoms with Crippen LogP contribution in [0.15, 0.2) is 12.4 Å². The van der Waals surface area contributed by atoms with E-state index in [0.29, 0.717) is 0 Å². The molecule has 3 rings (SSSR count). The molecule has 0 radical (unpaired) electrons. The van der Waals surface area contributed by atoms with E-state index < -0.39 is 0 Å². The lowest BCUT2D eigenvalue weighted by molar-refractivity contribution is 0.295. The molecule has 2 aliphatic carbocycles. The van der Waals surface area contributed by atoms with Gasteiger partial charge in [-0.25, -0.2) is 0 Å². The summed E-state index contributed by atoms with van der Waals surface area (Å²) in [6.45, 7) is 4.48. The number of aryl methyl sites for hydroxylation is 1. The molecule has 2 saturated carbocycles. The van der Waals surface area contributed by atoms with E-state index in [0.717, 1.165) is 24.4 Å². The van der Waals surface area contributed by atoms with E-state index in [2.05, 4.69) is 34.4 Å². The Kier molecular flexibility index (Phi) is 4.21. The molecule has 3 nitrogen and oxygen atoms in total. The molecule has 3 heteroatoms. The molecule has 1 aromatic rings. The molecule has 0 aromatic carbocycles. The molecular formula is C16H27N3. The van der Waals surface area contributed by atoms with E-state index in [-0.39, 0.29) is 0 Å². The Labute approximate surface area is 116 Å². The minimum absolute atomic E-state index is 0.741. The van der Waals surface area contributed by atoms with Crippen LogP contribution < -0.4 is 5.32 Å². The maximum Gasteiger partial charge on any atom is 0.0524 e. The number of hydrogen-bond acceptors (Lipinski definition) is 2. The van der Waals surface area contributed by atoms with Gasteiger partial charge in [0, 0.05) is 18.8 Å². The third-order valence-electron chi connectivity index (χ3n) is 4.69. The zero-order valence-corrected chi connectivity index (χ0v) is 12.1. The van der Waals surface area contributed by atoms with Crippen molar-refractivity contribution in [2.24, 2.45) is 5.92 Å². The lowest BCUT2D eigenvalue weighted by Gasteiger charge is -2.31. The summed E-state index contributed by atoms with van der Waals surface area (Å²) in [5, 5.41) is 8.25. The minimum Gasteiger partial charge on any atom is -0.314 e. The Hall–Kier alpha value is -0.830. The lowest BCUT2D eigenvalue weighted by Crippen LogP contribution is -2.30. The first kappa shape index (κ1) is 13.2. The molecule has 0 saturated heterocycles. The van der Waals surface area contributed by atoms with Crippen LogP contribution in [0.4, 0.5) is 0 Å². The van der Waals surface area contributed by atoms with Crippen molar-refractivity contribution in [2.75, 3.05) is 6.54 Å². The van der Waals surface area contributed by atoms with Crippen molar-refractivity contribution in [3.8, 4) is 0 Å². The van der Waals surface area contributed by atoms with E-state index in [4.69, 9.17) is 0 Å². The second-order valence-corrected chi connectivity index (χ2v) is 6.37. The largest absolute Gasteiger partial charge is 0.314 e. The van der Waals surface area contributed by atoms with Crippen molar-refractivity contribution in [2.45, 2.75) is 70.4 Å². The minimum atomic E-state index is 0.741. The molecule has 1 heterocycles. The fourth-order valence-corrected chi connectivity index (χ4v) is 3.42. The highest BCUT2D eigenvalue weighted by molar-refractivity contribution is 5.14. The van der Waals surface area contributed by atoms with E-state index in [1.807, 2.05) is 0 Å². The standard InChI is InChI=1S/C16H27N3/c1-2-9-19-12-14(11-18-19)16-6-4-3-5-13(16)10-17-15-7-8-15/h11-13,15-17H,2-10H2,1H3. The van der Waals surface area contributed by atoms with Gasteiger partial charge < -0.3 is 5.32 Å². The second-order valence-electron chi connectivity index (χ2n) is 6.37. The summed E-state index contributed by atoms with van der Waals surface area (Å²) < 4.78 is 2.12. The fraction of sp³-hybridized carbons (Fsp3) is 0.812. The normalized spacial score (nSPS) is 27.6. The molecule has 0 spiro atoms. The molecular weight excluding hydrogens is 234 g/mol. The second kappa shape index (κ2) is 6.08. The van der Waals surface area contributed by atoms with Gasteiger partial charge in [-0.1, -0.05) is 19.8 Å². The predicted octanol–water partition coefficient (Wildman–Crippen LogP) is 3.32. The summed E-state index contributed by atoms with van der Waals surface area (Å²) in [7, 11) is 0. The van der Waals surface area contributed by atoms with Crippen molar-refractivity contribution < 1.29 is 0 Å². The molecule has 1 N–H and O–H groups in total. The molecule has 2 aliphatic rings. The monoisotopic (exact) mass is 261 g/mol. The SMILES string of the molecule is CCCn1cc(C2CCCCC2CNC2CC2)cn1. The van der Waals surface area contributed by atoms with Crippen LogP contribution in [0.25, 0.3) is 0 Å². The number of nitrogens with zero attached hydrogens (tertiary/aromatic N) is 2. The highest BCUT2D eigenvalue weighted by atomic mass is 15.3. The third kappa shape index (κ3) is 3.38. The zero-order chi connectivity index (χ0) is 13.1.